The summed E-state index contributed by atoms with van der Waals surface area (Å²) in [6.07, 6.45) is -0.129. The van der Waals surface area contributed by atoms with Gasteiger partial charge in [-0.2, -0.15) is 0 Å². The van der Waals surface area contributed by atoms with Gasteiger partial charge in [0, 0.05) is 26.2 Å². The number of ether oxygens (including phenoxy) is 5. The fourth-order valence-corrected chi connectivity index (χ4v) is 3.64. The fourth-order valence-electron chi connectivity index (χ4n) is 3.64. The minimum absolute atomic E-state index is 0.0645. The van der Waals surface area contributed by atoms with Crippen molar-refractivity contribution in [1.82, 2.24) is 9.80 Å². The van der Waals surface area contributed by atoms with Crippen molar-refractivity contribution in [3.05, 3.63) is 23.8 Å². The molecule has 2 fully saturated rings. The number of hydrogen-bond donors (Lipinski definition) is 0. The van der Waals surface area contributed by atoms with Crippen molar-refractivity contribution in [3.63, 3.8) is 0 Å². The van der Waals surface area contributed by atoms with E-state index in [4.69, 9.17) is 23.7 Å². The molecule has 1 aromatic rings. The number of nitrogens with zero attached hydrogens (tertiary/aromatic N) is 2. The summed E-state index contributed by atoms with van der Waals surface area (Å²) in [7, 11) is 1.44. The van der Waals surface area contributed by atoms with E-state index in [0.29, 0.717) is 45.1 Å². The first-order valence-corrected chi connectivity index (χ1v) is 10.6. The van der Waals surface area contributed by atoms with Crippen LogP contribution >= 0.6 is 0 Å². The van der Waals surface area contributed by atoms with Gasteiger partial charge in [0.05, 0.1) is 38.1 Å². The van der Waals surface area contributed by atoms with E-state index in [1.54, 1.807) is 9.80 Å². The SMILES string of the molecule is COc1cc(C(=O)OCC(=O)N2C[C@@H](C)O[C@@H](C)C2)ccc1OCC(=O)N1CCOCC1. The normalized spacial score (nSPS) is 21.1. The standard InChI is InChI=1S/C22H30N2O8/c1-15-11-24(12-16(2)32-15)21(26)14-31-22(27)17-4-5-18(19(10-17)28-3)30-13-20(25)23-6-8-29-9-7-23/h4-5,10,15-16H,6-9,11-14H2,1-3H3/t15-,16+. The predicted octanol–water partition coefficient (Wildman–Crippen LogP) is 0.725. The largest absolute Gasteiger partial charge is 0.493 e. The van der Waals surface area contributed by atoms with E-state index in [-0.39, 0.29) is 48.5 Å². The highest BCUT2D eigenvalue weighted by Crippen LogP contribution is 2.28. The predicted molar refractivity (Wildman–Crippen MR) is 113 cm³/mol. The quantitative estimate of drug-likeness (QED) is 0.560. The number of benzene rings is 1. The Morgan fingerprint density at radius 2 is 1.62 bits per heavy atom. The summed E-state index contributed by atoms with van der Waals surface area (Å²) in [5.74, 6) is -0.450. The molecule has 2 aliphatic rings. The van der Waals surface area contributed by atoms with Gasteiger partial charge in [-0.3, -0.25) is 9.59 Å². The zero-order valence-electron chi connectivity index (χ0n) is 18.7. The zero-order chi connectivity index (χ0) is 23.1. The van der Waals surface area contributed by atoms with E-state index in [1.807, 2.05) is 13.8 Å². The molecule has 0 N–H and O–H groups in total. The maximum absolute atomic E-state index is 12.4. The van der Waals surface area contributed by atoms with Crippen molar-refractivity contribution in [3.8, 4) is 11.5 Å². The number of methoxy groups -OCH3 is 1. The minimum Gasteiger partial charge on any atom is -0.493 e. The molecule has 10 heteroatoms. The van der Waals surface area contributed by atoms with E-state index >= 15 is 0 Å². The average molecular weight is 450 g/mol. The molecule has 10 nitrogen and oxygen atoms in total. The second-order valence-electron chi connectivity index (χ2n) is 7.78. The first-order valence-electron chi connectivity index (χ1n) is 10.6. The Labute approximate surface area is 187 Å². The monoisotopic (exact) mass is 450 g/mol. The molecule has 2 atom stereocenters. The molecule has 0 aromatic heterocycles. The van der Waals surface area contributed by atoms with Crippen LogP contribution in [0, 0.1) is 0 Å². The molecule has 0 bridgehead atoms. The Morgan fingerprint density at radius 1 is 0.969 bits per heavy atom. The smallest absolute Gasteiger partial charge is 0.338 e. The van der Waals surface area contributed by atoms with Crippen LogP contribution in [-0.2, 0) is 23.8 Å². The van der Waals surface area contributed by atoms with Crippen LogP contribution in [0.1, 0.15) is 24.2 Å². The molecule has 0 spiro atoms. The molecule has 0 aliphatic carbocycles. The molecular weight excluding hydrogens is 420 g/mol. The van der Waals surface area contributed by atoms with Crippen LogP contribution in [0.3, 0.4) is 0 Å². The Morgan fingerprint density at radius 3 is 2.28 bits per heavy atom. The Hall–Kier alpha value is -2.85. The lowest BCUT2D eigenvalue weighted by atomic mass is 10.2. The van der Waals surface area contributed by atoms with Crippen molar-refractivity contribution in [2.24, 2.45) is 0 Å². The summed E-state index contributed by atoms with van der Waals surface area (Å²) >= 11 is 0. The van der Waals surface area contributed by atoms with E-state index < -0.39 is 5.97 Å². The van der Waals surface area contributed by atoms with Gasteiger partial charge in [0.25, 0.3) is 11.8 Å². The zero-order valence-corrected chi connectivity index (χ0v) is 18.7. The van der Waals surface area contributed by atoms with Gasteiger partial charge in [0.2, 0.25) is 0 Å². The van der Waals surface area contributed by atoms with Gasteiger partial charge in [0.1, 0.15) is 0 Å². The second-order valence-corrected chi connectivity index (χ2v) is 7.78. The third-order valence-electron chi connectivity index (χ3n) is 5.21. The molecule has 32 heavy (non-hydrogen) atoms. The first-order chi connectivity index (χ1) is 15.4. The van der Waals surface area contributed by atoms with Crippen LogP contribution in [0.25, 0.3) is 0 Å². The van der Waals surface area contributed by atoms with E-state index in [9.17, 15) is 14.4 Å². The van der Waals surface area contributed by atoms with Crippen LogP contribution in [-0.4, -0.2) is 99.5 Å². The highest BCUT2D eigenvalue weighted by Gasteiger charge is 2.26. The van der Waals surface area contributed by atoms with E-state index in [2.05, 4.69) is 0 Å². The minimum atomic E-state index is -0.651. The number of hydrogen-bond acceptors (Lipinski definition) is 8. The lowest BCUT2D eigenvalue weighted by molar-refractivity contribution is -0.146. The van der Waals surface area contributed by atoms with Gasteiger partial charge in [-0.05, 0) is 32.0 Å². The van der Waals surface area contributed by atoms with Crippen molar-refractivity contribution in [1.29, 1.82) is 0 Å². The van der Waals surface area contributed by atoms with E-state index in [0.717, 1.165) is 0 Å². The molecular formula is C22H30N2O8. The van der Waals surface area contributed by atoms with Crippen molar-refractivity contribution in [2.45, 2.75) is 26.1 Å². The van der Waals surface area contributed by atoms with Gasteiger partial charge in [0.15, 0.2) is 24.7 Å². The van der Waals surface area contributed by atoms with Crippen molar-refractivity contribution >= 4 is 17.8 Å². The Kier molecular flexibility index (Phi) is 8.29. The van der Waals surface area contributed by atoms with Gasteiger partial charge in [-0.25, -0.2) is 4.79 Å². The molecule has 1 aromatic carbocycles. The third-order valence-corrected chi connectivity index (χ3v) is 5.21. The summed E-state index contributed by atoms with van der Waals surface area (Å²) in [5.41, 5.74) is 0.213. The van der Waals surface area contributed by atoms with Crippen LogP contribution in [0.4, 0.5) is 0 Å². The van der Waals surface area contributed by atoms with Crippen LogP contribution in [0.15, 0.2) is 18.2 Å². The lowest BCUT2D eigenvalue weighted by Crippen LogP contribution is -2.49. The number of rotatable bonds is 7. The highest BCUT2D eigenvalue weighted by atomic mass is 16.5. The molecule has 0 unspecified atom stereocenters. The summed E-state index contributed by atoms with van der Waals surface area (Å²) in [6.45, 7) is 6.30. The number of morpholine rings is 2. The fraction of sp³-hybridized carbons (Fsp3) is 0.591. The van der Waals surface area contributed by atoms with Gasteiger partial charge >= 0.3 is 5.97 Å². The Balaban J connectivity index is 1.53. The first kappa shape index (κ1) is 23.8. The number of carbonyl (C=O) groups excluding carboxylic acids is 3. The third kappa shape index (κ3) is 6.33. The van der Waals surface area contributed by atoms with E-state index in [1.165, 1.54) is 25.3 Å². The summed E-state index contributed by atoms with van der Waals surface area (Å²) in [6, 6.07) is 4.50. The Bertz CT molecular complexity index is 814. The van der Waals surface area contributed by atoms with Gasteiger partial charge in [-0.1, -0.05) is 0 Å². The summed E-state index contributed by atoms with van der Waals surface area (Å²) in [4.78, 5) is 40.4. The molecule has 2 heterocycles. The highest BCUT2D eigenvalue weighted by molar-refractivity contribution is 5.92. The van der Waals surface area contributed by atoms with Crippen molar-refractivity contribution < 1.29 is 38.1 Å². The van der Waals surface area contributed by atoms with Gasteiger partial charge < -0.3 is 33.5 Å². The van der Waals surface area contributed by atoms with Crippen molar-refractivity contribution in [2.75, 3.05) is 59.7 Å². The maximum atomic E-state index is 12.4. The van der Waals surface area contributed by atoms with Crippen LogP contribution < -0.4 is 9.47 Å². The maximum Gasteiger partial charge on any atom is 0.338 e. The average Bonchev–Trinajstić information content (AvgIpc) is 2.80. The number of amides is 2. The topological polar surface area (TPSA) is 104 Å². The van der Waals surface area contributed by atoms with Gasteiger partial charge in [-0.15, -0.1) is 0 Å². The molecule has 0 radical (unpaired) electrons. The molecule has 2 saturated heterocycles. The number of esters is 1. The molecule has 176 valence electrons. The molecule has 2 amide bonds. The molecule has 2 aliphatic heterocycles. The van der Waals surface area contributed by atoms with Crippen LogP contribution in [0.5, 0.6) is 11.5 Å². The number of carbonyl (C=O) groups is 3. The second kappa shape index (κ2) is 11.1. The molecule has 3 rings (SSSR count). The summed E-state index contributed by atoms with van der Waals surface area (Å²) in [5, 5.41) is 0. The lowest BCUT2D eigenvalue weighted by Gasteiger charge is -2.35. The molecule has 0 saturated carbocycles. The van der Waals surface area contributed by atoms with Crippen LogP contribution in [0.2, 0.25) is 0 Å². The summed E-state index contributed by atoms with van der Waals surface area (Å²) < 4.78 is 26.9.